The number of benzene rings is 1. The molecule has 0 amide bonds. The van der Waals surface area contributed by atoms with E-state index in [1.54, 1.807) is 0 Å². The van der Waals surface area contributed by atoms with Gasteiger partial charge in [0, 0.05) is 0 Å². The zero-order valence-electron chi connectivity index (χ0n) is 16.4. The van der Waals surface area contributed by atoms with Crippen LogP contribution >= 0.6 is 0 Å². The molecule has 1 saturated heterocycles. The molecule has 1 heterocycles. The Morgan fingerprint density at radius 2 is 1.85 bits per heavy atom. The zero-order chi connectivity index (χ0) is 20.2. The van der Waals surface area contributed by atoms with Gasteiger partial charge >= 0.3 is 168 Å². The van der Waals surface area contributed by atoms with Gasteiger partial charge in [-0.15, -0.1) is 0 Å². The number of hydrogen-bond acceptors (Lipinski definition) is 5. The molecule has 27 heavy (non-hydrogen) atoms. The van der Waals surface area contributed by atoms with E-state index < -0.39 is 37.7 Å². The van der Waals surface area contributed by atoms with Crippen LogP contribution in [-0.4, -0.2) is 69.5 Å². The quantitative estimate of drug-likeness (QED) is 0.295. The third kappa shape index (κ3) is 5.56. The fraction of sp³-hybridized carbons (Fsp3) is 0.667. The summed E-state index contributed by atoms with van der Waals surface area (Å²) in [6.07, 6.45) is -3.00. The number of aliphatic hydroxyl groups excluding tert-OH is 2. The second-order valence-electron chi connectivity index (χ2n) is 8.22. The van der Waals surface area contributed by atoms with Gasteiger partial charge in [-0.1, -0.05) is 0 Å². The van der Waals surface area contributed by atoms with Gasteiger partial charge in [0.25, 0.3) is 0 Å². The topological polar surface area (TPSA) is 108 Å². The Bertz CT molecular complexity index is 664. The summed E-state index contributed by atoms with van der Waals surface area (Å²) in [4.78, 5) is 2.84. The van der Waals surface area contributed by atoms with Gasteiger partial charge in [-0.05, 0) is 0 Å². The van der Waals surface area contributed by atoms with Gasteiger partial charge in [0.1, 0.15) is 0 Å². The standard InChI is InChI=1S/C18H29N3O4SeSi/c1-18(2,3)27(4,5)24-11-13-15(22)16(23)14(20-21-19)17(25-13)26-12-9-7-6-8-10-12/h6-10,13-17,22-23H,11H2,1-5H3/t13-,14-,15+,16-,17-/m1/s1. The number of aliphatic hydroxyl groups is 2. The van der Waals surface area contributed by atoms with E-state index in [1.807, 2.05) is 30.3 Å². The van der Waals surface area contributed by atoms with Crippen molar-refractivity contribution >= 4 is 27.7 Å². The van der Waals surface area contributed by atoms with E-state index in [9.17, 15) is 10.2 Å². The summed E-state index contributed by atoms with van der Waals surface area (Å²) in [5.41, 5.74) is 8.87. The van der Waals surface area contributed by atoms with E-state index in [4.69, 9.17) is 14.7 Å². The average Bonchev–Trinajstić information content (AvgIpc) is 2.60. The Labute approximate surface area is 168 Å². The van der Waals surface area contributed by atoms with Crippen molar-refractivity contribution in [1.29, 1.82) is 0 Å². The molecule has 9 heteroatoms. The molecule has 0 bridgehead atoms. The van der Waals surface area contributed by atoms with Crippen LogP contribution < -0.4 is 4.46 Å². The van der Waals surface area contributed by atoms with Crippen LogP contribution in [0.2, 0.25) is 18.1 Å². The van der Waals surface area contributed by atoms with Crippen LogP contribution in [-0.2, 0) is 9.16 Å². The number of rotatable bonds is 6. The first-order chi connectivity index (χ1) is 12.6. The third-order valence-electron chi connectivity index (χ3n) is 5.26. The molecule has 1 aromatic rings. The molecule has 0 aliphatic carbocycles. The van der Waals surface area contributed by atoms with E-state index in [0.29, 0.717) is 0 Å². The minimum atomic E-state index is -2.02. The van der Waals surface area contributed by atoms with Crippen LogP contribution in [0.1, 0.15) is 20.8 Å². The Hall–Kier alpha value is -0.894. The molecule has 0 unspecified atom stereocenters. The number of ether oxygens (including phenoxy) is 1. The third-order valence-corrected chi connectivity index (χ3v) is 12.2. The van der Waals surface area contributed by atoms with Crippen molar-refractivity contribution in [3.05, 3.63) is 40.8 Å². The first kappa shape index (κ1) is 22.4. The van der Waals surface area contributed by atoms with Crippen molar-refractivity contribution in [2.45, 2.75) is 68.3 Å². The summed E-state index contributed by atoms with van der Waals surface area (Å²) in [5.74, 6) is 0. The summed E-state index contributed by atoms with van der Waals surface area (Å²) in [5, 5.41) is 24.3. The van der Waals surface area contributed by atoms with Crippen LogP contribution in [0.5, 0.6) is 0 Å². The number of azide groups is 1. The molecule has 2 N–H and O–H groups in total. The molecular weight excluding hydrogens is 429 g/mol. The molecule has 0 radical (unpaired) electrons. The molecule has 2 rings (SSSR count). The fourth-order valence-corrected chi connectivity index (χ4v) is 5.87. The Kier molecular flexibility index (Phi) is 7.52. The van der Waals surface area contributed by atoms with Gasteiger partial charge in [-0.2, -0.15) is 0 Å². The second-order valence-corrected chi connectivity index (χ2v) is 15.5. The van der Waals surface area contributed by atoms with Crippen LogP contribution in [0, 0.1) is 0 Å². The van der Waals surface area contributed by atoms with Crippen molar-refractivity contribution in [2.24, 2.45) is 5.11 Å². The predicted octanol–water partition coefficient (Wildman–Crippen LogP) is 2.16. The first-order valence-electron chi connectivity index (χ1n) is 8.98. The van der Waals surface area contributed by atoms with E-state index in [0.717, 1.165) is 4.46 Å². The summed E-state index contributed by atoms with van der Waals surface area (Å²) in [7, 11) is -2.02. The Morgan fingerprint density at radius 1 is 1.22 bits per heavy atom. The molecule has 7 nitrogen and oxygen atoms in total. The Balaban J connectivity index is 2.16. The number of hydrogen-bond donors (Lipinski definition) is 2. The molecule has 1 aliphatic heterocycles. The van der Waals surface area contributed by atoms with Crippen molar-refractivity contribution in [1.82, 2.24) is 0 Å². The molecular formula is C18H29N3O4SeSi. The normalized spacial score (nSPS) is 29.2. The molecule has 1 fully saturated rings. The SMILES string of the molecule is CC(C)(C)[Si](C)(C)OC[C@H]1O[C@H]([Se]c2ccccc2)[C@H](N=[N+]=[N-])[C@@H](O)[C@H]1O. The molecule has 5 atom stereocenters. The minimum absolute atomic E-state index is 0.0340. The zero-order valence-corrected chi connectivity index (χ0v) is 19.2. The van der Waals surface area contributed by atoms with Gasteiger partial charge in [0.05, 0.1) is 0 Å². The van der Waals surface area contributed by atoms with E-state index in [-0.39, 0.29) is 26.6 Å². The maximum absolute atomic E-state index is 10.5. The van der Waals surface area contributed by atoms with Gasteiger partial charge in [0.2, 0.25) is 0 Å². The maximum atomic E-state index is 10.5. The van der Waals surface area contributed by atoms with Crippen molar-refractivity contribution in [3.8, 4) is 0 Å². The molecule has 0 spiro atoms. The van der Waals surface area contributed by atoms with E-state index in [2.05, 4.69) is 43.9 Å². The van der Waals surface area contributed by atoms with Crippen LogP contribution in [0.3, 0.4) is 0 Å². The Morgan fingerprint density at radius 3 is 2.41 bits per heavy atom. The average molecular weight is 458 g/mol. The predicted molar refractivity (Wildman–Crippen MR) is 109 cm³/mol. The van der Waals surface area contributed by atoms with Gasteiger partial charge < -0.3 is 0 Å². The second kappa shape index (κ2) is 9.07. The molecule has 1 aromatic carbocycles. The van der Waals surface area contributed by atoms with Gasteiger partial charge in [0.15, 0.2) is 0 Å². The summed E-state index contributed by atoms with van der Waals surface area (Å²) >= 11 is -0.184. The van der Waals surface area contributed by atoms with E-state index in [1.165, 1.54) is 0 Å². The number of nitrogens with zero attached hydrogens (tertiary/aromatic N) is 3. The van der Waals surface area contributed by atoms with Crippen LogP contribution in [0.15, 0.2) is 35.4 Å². The van der Waals surface area contributed by atoms with Gasteiger partial charge in [-0.25, -0.2) is 0 Å². The summed E-state index contributed by atoms with van der Waals surface area (Å²) < 4.78 is 13.4. The van der Waals surface area contributed by atoms with Crippen molar-refractivity contribution < 1.29 is 19.4 Å². The van der Waals surface area contributed by atoms with Crippen molar-refractivity contribution in [3.63, 3.8) is 0 Å². The monoisotopic (exact) mass is 459 g/mol. The first-order valence-corrected chi connectivity index (χ1v) is 13.7. The van der Waals surface area contributed by atoms with Crippen LogP contribution in [0.25, 0.3) is 10.4 Å². The van der Waals surface area contributed by atoms with Crippen molar-refractivity contribution in [2.75, 3.05) is 6.61 Å². The molecule has 150 valence electrons. The van der Waals surface area contributed by atoms with Gasteiger partial charge in [-0.3, -0.25) is 0 Å². The molecule has 0 saturated carbocycles. The molecule has 0 aromatic heterocycles. The summed E-state index contributed by atoms with van der Waals surface area (Å²) in [6.45, 7) is 10.9. The molecule has 1 aliphatic rings. The van der Waals surface area contributed by atoms with Crippen LogP contribution in [0.4, 0.5) is 0 Å². The van der Waals surface area contributed by atoms with E-state index >= 15 is 0 Å². The fourth-order valence-electron chi connectivity index (χ4n) is 2.47. The summed E-state index contributed by atoms with van der Waals surface area (Å²) in [6, 6.07) is 8.94.